The average molecular weight is 548 g/mol. The molecule has 0 radical (unpaired) electrons. The molecule has 0 aromatic heterocycles. The van der Waals surface area contributed by atoms with Crippen molar-refractivity contribution in [3.63, 3.8) is 0 Å². The molecule has 4 aromatic rings. The number of aliphatic hydroxyl groups is 1. The molecule has 200 valence electrons. The zero-order valence-corrected chi connectivity index (χ0v) is 21.5. The van der Waals surface area contributed by atoms with Gasteiger partial charge < -0.3 is 15.1 Å². The number of hydrogen-bond donors (Lipinski definition) is 3. The molecular formula is C30H26FNO6S. The third kappa shape index (κ3) is 5.29. The van der Waals surface area contributed by atoms with E-state index in [-0.39, 0.29) is 34.1 Å². The van der Waals surface area contributed by atoms with Crippen LogP contribution in [0.3, 0.4) is 0 Å². The third-order valence-corrected chi connectivity index (χ3v) is 7.98. The maximum atomic E-state index is 13.3. The summed E-state index contributed by atoms with van der Waals surface area (Å²) in [5.74, 6) is -1.23. The topological polar surface area (TPSA) is 115 Å². The van der Waals surface area contributed by atoms with Crippen LogP contribution in [0, 0.1) is 11.7 Å². The minimum atomic E-state index is -4.53. The van der Waals surface area contributed by atoms with Gasteiger partial charge in [0, 0.05) is 16.8 Å². The molecule has 39 heavy (non-hydrogen) atoms. The van der Waals surface area contributed by atoms with Crippen molar-refractivity contribution >= 4 is 21.7 Å². The molecule has 0 bridgehead atoms. The second-order valence-electron chi connectivity index (χ2n) is 9.49. The van der Waals surface area contributed by atoms with Crippen LogP contribution in [-0.2, 0) is 14.9 Å². The van der Waals surface area contributed by atoms with E-state index in [1.54, 1.807) is 23.1 Å². The van der Waals surface area contributed by atoms with Gasteiger partial charge in [0.25, 0.3) is 10.1 Å². The van der Waals surface area contributed by atoms with Gasteiger partial charge in [0.05, 0.1) is 18.1 Å². The molecule has 0 saturated carbocycles. The maximum Gasteiger partial charge on any atom is 0.295 e. The van der Waals surface area contributed by atoms with Crippen molar-refractivity contribution in [3.8, 4) is 16.9 Å². The maximum absolute atomic E-state index is 13.3. The van der Waals surface area contributed by atoms with E-state index in [2.05, 4.69) is 0 Å². The molecule has 1 aliphatic rings. The van der Waals surface area contributed by atoms with Gasteiger partial charge in [0.1, 0.15) is 16.5 Å². The summed E-state index contributed by atoms with van der Waals surface area (Å²) < 4.78 is 46.7. The van der Waals surface area contributed by atoms with Gasteiger partial charge in [0.15, 0.2) is 0 Å². The molecule has 1 heterocycles. The van der Waals surface area contributed by atoms with Crippen molar-refractivity contribution in [1.82, 2.24) is 0 Å². The lowest BCUT2D eigenvalue weighted by Crippen LogP contribution is -2.55. The fourth-order valence-corrected chi connectivity index (χ4v) is 5.86. The monoisotopic (exact) mass is 547 g/mol. The molecule has 3 atom stereocenters. The number of β-lactam (4-membered cyclic amide) rings is 1. The number of carbonyl (C=O) groups excluding carboxylic acids is 1. The highest BCUT2D eigenvalue weighted by atomic mass is 32.2. The van der Waals surface area contributed by atoms with Gasteiger partial charge in [-0.25, -0.2) is 4.39 Å². The van der Waals surface area contributed by atoms with Gasteiger partial charge in [-0.2, -0.15) is 8.42 Å². The first-order valence-electron chi connectivity index (χ1n) is 12.4. The Labute approximate surface area is 225 Å². The molecule has 1 saturated heterocycles. The highest BCUT2D eigenvalue weighted by Gasteiger charge is 2.48. The number of rotatable bonds is 8. The number of benzene rings is 4. The fourth-order valence-electron chi connectivity index (χ4n) is 5.15. The molecule has 3 N–H and O–H groups in total. The molecule has 1 amide bonds. The Morgan fingerprint density at radius 1 is 0.872 bits per heavy atom. The van der Waals surface area contributed by atoms with Gasteiger partial charge in [-0.05, 0) is 60.4 Å². The summed E-state index contributed by atoms with van der Waals surface area (Å²) >= 11 is 0. The van der Waals surface area contributed by atoms with E-state index in [1.807, 2.05) is 30.3 Å². The van der Waals surface area contributed by atoms with Crippen LogP contribution < -0.4 is 4.90 Å². The van der Waals surface area contributed by atoms with Gasteiger partial charge in [0.2, 0.25) is 5.91 Å². The number of para-hydroxylation sites is 1. The molecule has 0 aliphatic carbocycles. The SMILES string of the molecule is O=C1[C@H](CC[C@H](O)c2ccc(F)cc2)[C@@H](c2ccc(-c3ccccc3S(=O)(=O)O)c(O)c2)N1c1ccccc1. The van der Waals surface area contributed by atoms with Crippen molar-refractivity contribution in [2.75, 3.05) is 4.90 Å². The van der Waals surface area contributed by atoms with E-state index in [0.717, 1.165) is 0 Å². The first-order valence-corrected chi connectivity index (χ1v) is 13.8. The molecule has 5 rings (SSSR count). The average Bonchev–Trinajstić information content (AvgIpc) is 2.92. The minimum absolute atomic E-state index is 0.127. The minimum Gasteiger partial charge on any atom is -0.507 e. The number of amides is 1. The molecule has 9 heteroatoms. The van der Waals surface area contributed by atoms with Crippen LogP contribution in [0.2, 0.25) is 0 Å². The zero-order chi connectivity index (χ0) is 27.7. The number of aliphatic hydroxyl groups excluding tert-OH is 1. The highest BCUT2D eigenvalue weighted by Crippen LogP contribution is 2.48. The summed E-state index contributed by atoms with van der Waals surface area (Å²) in [5, 5.41) is 21.6. The number of halogens is 1. The van der Waals surface area contributed by atoms with Crippen LogP contribution in [0.15, 0.2) is 102 Å². The fraction of sp³-hybridized carbons (Fsp3) is 0.167. The van der Waals surface area contributed by atoms with Crippen LogP contribution in [0.25, 0.3) is 11.1 Å². The summed E-state index contributed by atoms with van der Waals surface area (Å²) in [6.07, 6.45) is -0.260. The Balaban J connectivity index is 1.46. The first kappa shape index (κ1) is 26.6. The normalized spacial score (nSPS) is 18.0. The molecule has 1 fully saturated rings. The Morgan fingerprint density at radius 3 is 2.21 bits per heavy atom. The van der Waals surface area contributed by atoms with Crippen LogP contribution in [-0.4, -0.2) is 29.1 Å². The van der Waals surface area contributed by atoms with E-state index in [0.29, 0.717) is 23.2 Å². The van der Waals surface area contributed by atoms with Gasteiger partial charge in [-0.1, -0.05) is 60.7 Å². The van der Waals surface area contributed by atoms with Crippen LogP contribution in [0.4, 0.5) is 10.1 Å². The molecule has 0 spiro atoms. The van der Waals surface area contributed by atoms with E-state index >= 15 is 0 Å². The van der Waals surface area contributed by atoms with Gasteiger partial charge >= 0.3 is 0 Å². The number of phenolic OH excluding ortho intramolecular Hbond substituents is 1. The number of hydrogen-bond acceptors (Lipinski definition) is 5. The van der Waals surface area contributed by atoms with Gasteiger partial charge in [-0.15, -0.1) is 0 Å². The lowest BCUT2D eigenvalue weighted by molar-refractivity contribution is -0.131. The molecule has 0 unspecified atom stereocenters. The quantitative estimate of drug-likeness (QED) is 0.194. The lowest BCUT2D eigenvalue weighted by Gasteiger charge is -2.48. The second-order valence-corrected chi connectivity index (χ2v) is 10.9. The summed E-state index contributed by atoms with van der Waals surface area (Å²) in [4.78, 5) is 14.6. The molecule has 1 aliphatic heterocycles. The van der Waals surface area contributed by atoms with Crippen molar-refractivity contribution in [2.24, 2.45) is 5.92 Å². The first-order chi connectivity index (χ1) is 18.6. The Bertz CT molecular complexity index is 1610. The number of nitrogens with zero attached hydrogens (tertiary/aromatic N) is 1. The summed E-state index contributed by atoms with van der Waals surface area (Å²) in [7, 11) is -4.53. The van der Waals surface area contributed by atoms with E-state index in [9.17, 15) is 32.4 Å². The predicted molar refractivity (Wildman–Crippen MR) is 144 cm³/mol. The summed E-state index contributed by atoms with van der Waals surface area (Å²) in [6.45, 7) is 0. The summed E-state index contributed by atoms with van der Waals surface area (Å²) in [6, 6.07) is 24.8. The van der Waals surface area contributed by atoms with Crippen molar-refractivity contribution in [1.29, 1.82) is 0 Å². The van der Waals surface area contributed by atoms with E-state index in [4.69, 9.17) is 0 Å². The standard InChI is InChI=1S/C30H26FNO6S/c31-21-13-10-19(11-14-21)26(33)17-16-25-29(32(30(25)35)22-6-2-1-3-7-22)20-12-15-23(27(34)18-20)24-8-4-5-9-28(24)39(36,37)38/h1-15,18,25-26,29,33-34H,16-17H2,(H,36,37,38)/t25-,26+,29-/m1/s1. The number of aromatic hydroxyl groups is 1. The van der Waals surface area contributed by atoms with Crippen molar-refractivity contribution < 1.29 is 32.4 Å². The largest absolute Gasteiger partial charge is 0.507 e. The van der Waals surface area contributed by atoms with Crippen LogP contribution >= 0.6 is 0 Å². The van der Waals surface area contributed by atoms with Crippen LogP contribution in [0.1, 0.15) is 36.1 Å². The molecular weight excluding hydrogens is 521 g/mol. The Hall–Kier alpha value is -4.05. The van der Waals surface area contributed by atoms with E-state index < -0.39 is 34.0 Å². The molecule has 4 aromatic carbocycles. The number of phenols is 1. The third-order valence-electron chi connectivity index (χ3n) is 7.07. The zero-order valence-electron chi connectivity index (χ0n) is 20.7. The van der Waals surface area contributed by atoms with Crippen molar-refractivity contribution in [2.45, 2.75) is 29.9 Å². The smallest absolute Gasteiger partial charge is 0.295 e. The Morgan fingerprint density at radius 2 is 1.54 bits per heavy atom. The highest BCUT2D eigenvalue weighted by molar-refractivity contribution is 7.86. The summed E-state index contributed by atoms with van der Waals surface area (Å²) in [5.41, 5.74) is 2.23. The Kier molecular flexibility index (Phi) is 7.22. The number of carbonyl (C=O) groups is 1. The van der Waals surface area contributed by atoms with E-state index in [1.165, 1.54) is 48.5 Å². The van der Waals surface area contributed by atoms with Gasteiger partial charge in [-0.3, -0.25) is 9.35 Å². The molecule has 7 nitrogen and oxygen atoms in total. The second kappa shape index (κ2) is 10.6. The predicted octanol–water partition coefficient (Wildman–Crippen LogP) is 5.66. The van der Waals surface area contributed by atoms with Crippen LogP contribution in [0.5, 0.6) is 5.75 Å². The lowest BCUT2D eigenvalue weighted by atomic mass is 9.78. The number of anilines is 1. The van der Waals surface area contributed by atoms with Crippen molar-refractivity contribution in [3.05, 3.63) is 114 Å².